The molecule has 3 aromatic carbocycles. The Hall–Kier alpha value is -4.46. The molecule has 0 bridgehead atoms. The van der Waals surface area contributed by atoms with Crippen LogP contribution in [0.5, 0.6) is 5.75 Å². The van der Waals surface area contributed by atoms with Gasteiger partial charge in [-0.3, -0.25) is 9.59 Å². The highest BCUT2D eigenvalue weighted by molar-refractivity contribution is 6.04. The second kappa shape index (κ2) is 10.6. The highest BCUT2D eigenvalue weighted by Gasteiger charge is 2.15. The summed E-state index contributed by atoms with van der Waals surface area (Å²) in [7, 11) is 0. The van der Waals surface area contributed by atoms with Crippen molar-refractivity contribution in [2.24, 2.45) is 0 Å². The quantitative estimate of drug-likeness (QED) is 0.367. The maximum atomic E-state index is 13.4. The predicted octanol–water partition coefficient (Wildman–Crippen LogP) is 5.19. The number of ether oxygens (including phenoxy) is 1. The van der Waals surface area contributed by atoms with Crippen LogP contribution in [0.3, 0.4) is 0 Å². The van der Waals surface area contributed by atoms with E-state index < -0.39 is 11.7 Å². The van der Waals surface area contributed by atoms with Gasteiger partial charge in [-0.1, -0.05) is 35.5 Å². The van der Waals surface area contributed by atoms with Crippen LogP contribution >= 0.6 is 0 Å². The Labute approximate surface area is 201 Å². The number of nitrogens with one attached hydrogen (secondary N) is 2. The maximum absolute atomic E-state index is 13.4. The van der Waals surface area contributed by atoms with Crippen LogP contribution in [-0.2, 0) is 13.2 Å². The molecule has 4 rings (SSSR count). The molecule has 4 aromatic rings. The van der Waals surface area contributed by atoms with E-state index in [0.29, 0.717) is 22.8 Å². The third-order valence-corrected chi connectivity index (χ3v) is 5.41. The number of hydrogen-bond donors (Lipinski definition) is 2. The molecule has 35 heavy (non-hydrogen) atoms. The van der Waals surface area contributed by atoms with Crippen molar-refractivity contribution >= 4 is 17.5 Å². The summed E-state index contributed by atoms with van der Waals surface area (Å²) in [5, 5.41) is 9.54. The van der Waals surface area contributed by atoms with Gasteiger partial charge >= 0.3 is 0 Å². The second-order valence-corrected chi connectivity index (χ2v) is 7.94. The Morgan fingerprint density at radius 1 is 0.971 bits per heavy atom. The Balaban J connectivity index is 1.39. The van der Waals surface area contributed by atoms with Gasteiger partial charge in [0.1, 0.15) is 23.9 Å². The van der Waals surface area contributed by atoms with E-state index in [1.165, 1.54) is 24.3 Å². The van der Waals surface area contributed by atoms with Crippen molar-refractivity contribution in [1.29, 1.82) is 0 Å². The summed E-state index contributed by atoms with van der Waals surface area (Å²) in [5.41, 5.74) is 3.52. The van der Waals surface area contributed by atoms with Crippen molar-refractivity contribution in [1.82, 2.24) is 10.5 Å². The van der Waals surface area contributed by atoms with Gasteiger partial charge in [-0.05, 0) is 61.9 Å². The largest absolute Gasteiger partial charge is 0.488 e. The SMILES string of the molecule is Cc1noc(C)c1COc1ccccc1C(=O)NCc1cccc(NC(=O)c2cccc(F)c2)c1. The minimum Gasteiger partial charge on any atom is -0.488 e. The van der Waals surface area contributed by atoms with E-state index in [1.54, 1.807) is 42.5 Å². The number of nitrogens with zero attached hydrogens (tertiary/aromatic N) is 1. The zero-order chi connectivity index (χ0) is 24.8. The minimum absolute atomic E-state index is 0.219. The smallest absolute Gasteiger partial charge is 0.255 e. The molecule has 7 nitrogen and oxygen atoms in total. The fourth-order valence-corrected chi connectivity index (χ4v) is 3.51. The molecule has 0 fully saturated rings. The summed E-state index contributed by atoms with van der Waals surface area (Å²) in [6.07, 6.45) is 0. The van der Waals surface area contributed by atoms with E-state index in [0.717, 1.165) is 16.8 Å². The van der Waals surface area contributed by atoms with Gasteiger partial charge in [-0.2, -0.15) is 0 Å². The fourth-order valence-electron chi connectivity index (χ4n) is 3.51. The first-order valence-electron chi connectivity index (χ1n) is 11.0. The molecule has 0 aliphatic heterocycles. The van der Waals surface area contributed by atoms with E-state index in [4.69, 9.17) is 9.26 Å². The lowest BCUT2D eigenvalue weighted by atomic mass is 10.1. The average molecular weight is 474 g/mol. The summed E-state index contributed by atoms with van der Waals surface area (Å²) in [4.78, 5) is 25.3. The normalized spacial score (nSPS) is 10.6. The van der Waals surface area contributed by atoms with Crippen LogP contribution < -0.4 is 15.4 Å². The lowest BCUT2D eigenvalue weighted by Gasteiger charge is -2.12. The van der Waals surface area contributed by atoms with Gasteiger partial charge in [-0.15, -0.1) is 0 Å². The van der Waals surface area contributed by atoms with Gasteiger partial charge in [0.2, 0.25) is 0 Å². The van der Waals surface area contributed by atoms with Gasteiger partial charge in [0, 0.05) is 17.8 Å². The summed E-state index contributed by atoms with van der Waals surface area (Å²) in [5.74, 6) is -0.0800. The number of hydrogen-bond acceptors (Lipinski definition) is 5. The molecule has 0 radical (unpaired) electrons. The van der Waals surface area contributed by atoms with Gasteiger partial charge < -0.3 is 19.9 Å². The summed E-state index contributed by atoms with van der Waals surface area (Å²) >= 11 is 0. The number of aromatic nitrogens is 1. The fraction of sp³-hybridized carbons (Fsp3) is 0.148. The molecule has 0 atom stereocenters. The number of para-hydroxylation sites is 1. The van der Waals surface area contributed by atoms with Gasteiger partial charge in [0.05, 0.1) is 16.8 Å². The number of amides is 2. The topological polar surface area (TPSA) is 93.5 Å². The molecule has 1 aromatic heterocycles. The van der Waals surface area contributed by atoms with E-state index in [-0.39, 0.29) is 24.6 Å². The Morgan fingerprint density at radius 3 is 2.54 bits per heavy atom. The molecule has 0 aliphatic rings. The van der Waals surface area contributed by atoms with Crippen LogP contribution in [0.1, 0.15) is 43.3 Å². The van der Waals surface area contributed by atoms with Crippen LogP contribution in [0.25, 0.3) is 0 Å². The predicted molar refractivity (Wildman–Crippen MR) is 129 cm³/mol. The van der Waals surface area contributed by atoms with Crippen molar-refractivity contribution in [2.75, 3.05) is 5.32 Å². The molecular weight excluding hydrogens is 449 g/mol. The zero-order valence-corrected chi connectivity index (χ0v) is 19.3. The number of aryl methyl sites for hydroxylation is 2. The Kier molecular flexibility index (Phi) is 7.21. The molecule has 8 heteroatoms. The molecule has 1 heterocycles. The standard InChI is InChI=1S/C27H24FN3O4/c1-17-24(18(2)35-31-17)16-34-25-12-4-3-11-23(25)27(33)29-15-19-7-5-10-22(13-19)30-26(32)20-8-6-9-21(28)14-20/h3-14H,15-16H2,1-2H3,(H,29,33)(H,30,32). The highest BCUT2D eigenvalue weighted by atomic mass is 19.1. The number of halogens is 1. The molecule has 0 unspecified atom stereocenters. The lowest BCUT2D eigenvalue weighted by molar-refractivity contribution is 0.0945. The maximum Gasteiger partial charge on any atom is 0.255 e. The third kappa shape index (κ3) is 5.92. The molecule has 178 valence electrons. The van der Waals surface area contributed by atoms with E-state index >= 15 is 0 Å². The van der Waals surface area contributed by atoms with E-state index in [1.807, 2.05) is 19.9 Å². The number of carbonyl (C=O) groups excluding carboxylic acids is 2. The third-order valence-electron chi connectivity index (χ3n) is 5.41. The van der Waals surface area contributed by atoms with Crippen molar-refractivity contribution < 1.29 is 23.2 Å². The van der Waals surface area contributed by atoms with Crippen LogP contribution in [0.15, 0.2) is 77.3 Å². The summed E-state index contributed by atoms with van der Waals surface area (Å²) in [6.45, 7) is 4.12. The van der Waals surface area contributed by atoms with Gasteiger partial charge in [0.25, 0.3) is 11.8 Å². The Bertz CT molecular complexity index is 1350. The molecule has 0 saturated carbocycles. The molecule has 2 amide bonds. The van der Waals surface area contributed by atoms with Crippen molar-refractivity contribution in [3.8, 4) is 5.75 Å². The van der Waals surface area contributed by atoms with Crippen LogP contribution in [0.2, 0.25) is 0 Å². The first-order chi connectivity index (χ1) is 16.9. The van der Waals surface area contributed by atoms with Crippen LogP contribution in [0.4, 0.5) is 10.1 Å². The first kappa shape index (κ1) is 23.7. The lowest BCUT2D eigenvalue weighted by Crippen LogP contribution is -2.23. The van der Waals surface area contributed by atoms with Crippen LogP contribution in [-0.4, -0.2) is 17.0 Å². The highest BCUT2D eigenvalue weighted by Crippen LogP contribution is 2.22. The molecule has 0 saturated heterocycles. The molecular formula is C27H24FN3O4. The molecule has 2 N–H and O–H groups in total. The number of rotatable bonds is 8. The summed E-state index contributed by atoms with van der Waals surface area (Å²) in [6, 6.07) is 19.5. The monoisotopic (exact) mass is 473 g/mol. The first-order valence-corrected chi connectivity index (χ1v) is 11.0. The van der Waals surface area contributed by atoms with E-state index in [9.17, 15) is 14.0 Å². The van der Waals surface area contributed by atoms with Gasteiger partial charge in [0.15, 0.2) is 0 Å². The summed E-state index contributed by atoms with van der Waals surface area (Å²) < 4.78 is 24.4. The number of carbonyl (C=O) groups is 2. The van der Waals surface area contributed by atoms with E-state index in [2.05, 4.69) is 15.8 Å². The number of anilines is 1. The second-order valence-electron chi connectivity index (χ2n) is 7.94. The number of benzene rings is 3. The minimum atomic E-state index is -0.481. The average Bonchev–Trinajstić information content (AvgIpc) is 3.18. The Morgan fingerprint density at radius 2 is 1.77 bits per heavy atom. The molecule has 0 aliphatic carbocycles. The zero-order valence-electron chi connectivity index (χ0n) is 19.3. The van der Waals surface area contributed by atoms with Crippen molar-refractivity contribution in [3.05, 3.63) is 112 Å². The van der Waals surface area contributed by atoms with Crippen LogP contribution in [0, 0.1) is 19.7 Å². The van der Waals surface area contributed by atoms with Gasteiger partial charge in [-0.25, -0.2) is 4.39 Å². The van der Waals surface area contributed by atoms with Crippen molar-refractivity contribution in [3.63, 3.8) is 0 Å². The van der Waals surface area contributed by atoms with Crippen molar-refractivity contribution in [2.45, 2.75) is 27.0 Å². The molecule has 0 spiro atoms.